The van der Waals surface area contributed by atoms with Crippen molar-refractivity contribution in [3.8, 4) is 5.75 Å². The minimum absolute atomic E-state index is 0.202. The summed E-state index contributed by atoms with van der Waals surface area (Å²) in [4.78, 5) is 26.8. The molecule has 0 radical (unpaired) electrons. The van der Waals surface area contributed by atoms with Crippen LogP contribution in [-0.2, 0) is 15.7 Å². The predicted molar refractivity (Wildman–Crippen MR) is 94.5 cm³/mol. The number of nitrogens with two attached hydrogens (primary N) is 1. The molecule has 2 aromatic carbocycles. The Labute approximate surface area is 170 Å². The first-order valence-electron chi connectivity index (χ1n) is 8.54. The average Bonchev–Trinajstić information content (AvgIpc) is 3.16. The summed E-state index contributed by atoms with van der Waals surface area (Å²) in [7, 11) is 0. The fourth-order valence-electron chi connectivity index (χ4n) is 2.78. The minimum atomic E-state index is -4.52. The van der Waals surface area contributed by atoms with Crippen molar-refractivity contribution in [2.24, 2.45) is 10.7 Å². The molecule has 3 rings (SSSR count). The highest BCUT2D eigenvalue weighted by atomic mass is 19.4. The summed E-state index contributed by atoms with van der Waals surface area (Å²) in [6, 6.07) is 4.61. The number of alkyl halides is 3. The van der Waals surface area contributed by atoms with Crippen LogP contribution in [0.25, 0.3) is 0 Å². The van der Waals surface area contributed by atoms with Crippen LogP contribution in [0, 0.1) is 11.6 Å². The van der Waals surface area contributed by atoms with Crippen molar-refractivity contribution < 1.29 is 46.1 Å². The van der Waals surface area contributed by atoms with E-state index in [2.05, 4.69) is 4.99 Å². The van der Waals surface area contributed by atoms with Crippen molar-refractivity contribution in [3.63, 3.8) is 0 Å². The van der Waals surface area contributed by atoms with Crippen LogP contribution in [0.3, 0.4) is 0 Å². The molecule has 0 fully saturated rings. The van der Waals surface area contributed by atoms with Crippen molar-refractivity contribution in [3.05, 3.63) is 64.7 Å². The molecule has 0 bridgehead atoms. The van der Waals surface area contributed by atoms with Crippen molar-refractivity contribution in [2.45, 2.75) is 18.3 Å². The van der Waals surface area contributed by atoms with Gasteiger partial charge in [-0.05, 0) is 29.8 Å². The van der Waals surface area contributed by atoms with E-state index < -0.39 is 64.6 Å². The van der Waals surface area contributed by atoms with Crippen molar-refractivity contribution in [1.82, 2.24) is 0 Å². The van der Waals surface area contributed by atoms with Gasteiger partial charge >= 0.3 is 12.1 Å². The van der Waals surface area contributed by atoms with E-state index in [1.54, 1.807) is 0 Å². The highest BCUT2D eigenvalue weighted by Crippen LogP contribution is 2.32. The SMILES string of the molecule is NC(=O)c1c(F)ccc(OC(C(=O)O)C2=NC(c3ccc(C(F)(F)F)cc3)CO2)c1F. The standard InChI is InChI=1S/C19H13F5N2O5/c20-10-5-6-12(14(21)13(10)16(25)27)31-15(18(28)29)17-26-11(7-30-17)8-1-3-9(4-2-8)19(22,23)24/h1-6,11,15H,7H2,(H2,25,27)(H,28,29). The molecule has 12 heteroatoms. The number of rotatable bonds is 6. The van der Waals surface area contributed by atoms with Gasteiger partial charge in [-0.3, -0.25) is 4.79 Å². The molecule has 1 heterocycles. The highest BCUT2D eigenvalue weighted by molar-refractivity contribution is 6.01. The van der Waals surface area contributed by atoms with E-state index in [-0.39, 0.29) is 6.61 Å². The van der Waals surface area contributed by atoms with Crippen molar-refractivity contribution in [2.75, 3.05) is 6.61 Å². The maximum absolute atomic E-state index is 14.3. The molecule has 0 aliphatic carbocycles. The number of primary amides is 1. The van der Waals surface area contributed by atoms with Crippen LogP contribution in [0.1, 0.15) is 27.5 Å². The molecule has 0 saturated carbocycles. The fourth-order valence-corrected chi connectivity index (χ4v) is 2.78. The van der Waals surface area contributed by atoms with Crippen LogP contribution in [0.15, 0.2) is 41.4 Å². The molecule has 3 N–H and O–H groups in total. The minimum Gasteiger partial charge on any atom is -0.478 e. The number of ether oxygens (including phenoxy) is 2. The summed E-state index contributed by atoms with van der Waals surface area (Å²) in [5.74, 6) is -7.10. The molecule has 7 nitrogen and oxygen atoms in total. The second kappa shape index (κ2) is 8.20. The Morgan fingerprint density at radius 2 is 1.81 bits per heavy atom. The molecule has 31 heavy (non-hydrogen) atoms. The van der Waals surface area contributed by atoms with Gasteiger partial charge in [0.25, 0.3) is 12.0 Å². The van der Waals surface area contributed by atoms with E-state index >= 15 is 0 Å². The highest BCUT2D eigenvalue weighted by Gasteiger charge is 2.36. The molecule has 0 spiro atoms. The summed E-state index contributed by atoms with van der Waals surface area (Å²) in [6.07, 6.45) is -6.50. The number of hydrogen-bond acceptors (Lipinski definition) is 5. The molecule has 1 amide bonds. The summed E-state index contributed by atoms with van der Waals surface area (Å²) in [6.45, 7) is -0.202. The van der Waals surface area contributed by atoms with Crippen LogP contribution in [-0.4, -0.2) is 35.6 Å². The molecule has 2 atom stereocenters. The van der Waals surface area contributed by atoms with Crippen LogP contribution < -0.4 is 10.5 Å². The summed E-state index contributed by atoms with van der Waals surface area (Å²) in [5, 5.41) is 9.40. The lowest BCUT2D eigenvalue weighted by molar-refractivity contribution is -0.142. The van der Waals surface area contributed by atoms with Gasteiger partial charge < -0.3 is 20.3 Å². The number of nitrogens with zero attached hydrogens (tertiary/aromatic N) is 1. The lowest BCUT2D eigenvalue weighted by Crippen LogP contribution is -2.36. The number of benzene rings is 2. The van der Waals surface area contributed by atoms with E-state index in [1.807, 2.05) is 0 Å². The Hall–Kier alpha value is -3.70. The number of halogens is 5. The average molecular weight is 444 g/mol. The predicted octanol–water partition coefficient (Wildman–Crippen LogP) is 3.08. The van der Waals surface area contributed by atoms with Gasteiger partial charge in [0.2, 0.25) is 5.90 Å². The Bertz CT molecular complexity index is 1050. The van der Waals surface area contributed by atoms with Gasteiger partial charge in [0.15, 0.2) is 11.6 Å². The van der Waals surface area contributed by atoms with E-state index in [0.717, 1.165) is 18.2 Å². The number of amides is 1. The number of carboxylic acids is 1. The lowest BCUT2D eigenvalue weighted by atomic mass is 10.1. The van der Waals surface area contributed by atoms with Crippen LogP contribution in [0.4, 0.5) is 22.0 Å². The Morgan fingerprint density at radius 1 is 1.16 bits per heavy atom. The van der Waals surface area contributed by atoms with Gasteiger partial charge in [-0.1, -0.05) is 12.1 Å². The third-order valence-electron chi connectivity index (χ3n) is 4.29. The van der Waals surface area contributed by atoms with E-state index in [4.69, 9.17) is 15.2 Å². The van der Waals surface area contributed by atoms with Crippen molar-refractivity contribution in [1.29, 1.82) is 0 Å². The number of carbonyl (C=O) groups excluding carboxylic acids is 1. The smallest absolute Gasteiger partial charge is 0.416 e. The zero-order valence-corrected chi connectivity index (χ0v) is 15.3. The maximum atomic E-state index is 14.3. The quantitative estimate of drug-likeness (QED) is 0.666. The number of aliphatic carboxylic acids is 1. The topological polar surface area (TPSA) is 111 Å². The third-order valence-corrected chi connectivity index (χ3v) is 4.29. The Morgan fingerprint density at radius 3 is 2.35 bits per heavy atom. The molecule has 2 unspecified atom stereocenters. The monoisotopic (exact) mass is 444 g/mol. The first-order valence-corrected chi connectivity index (χ1v) is 8.54. The summed E-state index contributed by atoms with van der Waals surface area (Å²) < 4.78 is 76.2. The normalized spacial score (nSPS) is 16.9. The van der Waals surface area contributed by atoms with Gasteiger partial charge in [-0.2, -0.15) is 13.2 Å². The molecule has 1 aliphatic rings. The fraction of sp³-hybridized carbons (Fsp3) is 0.211. The molecule has 164 valence electrons. The second-order valence-electron chi connectivity index (χ2n) is 6.35. The van der Waals surface area contributed by atoms with E-state index in [0.29, 0.717) is 11.6 Å². The lowest BCUT2D eigenvalue weighted by Gasteiger charge is -2.16. The molecule has 2 aromatic rings. The number of hydrogen-bond donors (Lipinski definition) is 2. The van der Waals surface area contributed by atoms with Crippen molar-refractivity contribution >= 4 is 17.8 Å². The largest absolute Gasteiger partial charge is 0.478 e. The number of carboxylic acid groups (broad SMARTS) is 1. The van der Waals surface area contributed by atoms with E-state index in [1.165, 1.54) is 12.1 Å². The van der Waals surface area contributed by atoms with Crippen LogP contribution in [0.5, 0.6) is 5.75 Å². The van der Waals surface area contributed by atoms with Gasteiger partial charge in [-0.15, -0.1) is 0 Å². The Kier molecular flexibility index (Phi) is 5.82. The maximum Gasteiger partial charge on any atom is 0.416 e. The van der Waals surface area contributed by atoms with Crippen LogP contribution in [0.2, 0.25) is 0 Å². The first-order chi connectivity index (χ1) is 14.5. The van der Waals surface area contributed by atoms with Gasteiger partial charge in [0.1, 0.15) is 24.0 Å². The van der Waals surface area contributed by atoms with Gasteiger partial charge in [0, 0.05) is 0 Å². The third kappa shape index (κ3) is 4.57. The number of aliphatic imine (C=N–C) groups is 1. The zero-order valence-electron chi connectivity index (χ0n) is 15.3. The molecule has 0 saturated heterocycles. The summed E-state index contributed by atoms with van der Waals surface area (Å²) in [5.41, 5.74) is 3.24. The molecule has 1 aliphatic heterocycles. The first kappa shape index (κ1) is 22.0. The van der Waals surface area contributed by atoms with E-state index in [9.17, 15) is 36.6 Å². The number of carbonyl (C=O) groups is 2. The second-order valence-corrected chi connectivity index (χ2v) is 6.35. The van der Waals surface area contributed by atoms with Gasteiger partial charge in [-0.25, -0.2) is 18.6 Å². The molecular weight excluding hydrogens is 431 g/mol. The Balaban J connectivity index is 1.86. The van der Waals surface area contributed by atoms with Crippen LogP contribution >= 0.6 is 0 Å². The molecule has 0 aromatic heterocycles. The molecular formula is C19H13F5N2O5. The zero-order chi connectivity index (χ0) is 22.9. The van der Waals surface area contributed by atoms with Gasteiger partial charge in [0.05, 0.1) is 5.56 Å². The summed E-state index contributed by atoms with van der Waals surface area (Å²) >= 11 is 0.